The molecule has 0 aliphatic rings. The van der Waals surface area contributed by atoms with Crippen LogP contribution in [0.5, 0.6) is 0 Å². The summed E-state index contributed by atoms with van der Waals surface area (Å²) in [6.45, 7) is 6.70. The Kier molecular flexibility index (Phi) is 4.24. The molecule has 0 fully saturated rings. The summed E-state index contributed by atoms with van der Waals surface area (Å²) in [7, 11) is 0. The average molecular weight is 343 g/mol. The molecule has 0 heterocycles. The number of halogens is 3. The molecular weight excluding hydrogens is 331 g/mol. The van der Waals surface area contributed by atoms with Crippen LogP contribution in [0.25, 0.3) is 0 Å². The van der Waals surface area contributed by atoms with Gasteiger partial charge in [0.2, 0.25) is 0 Å². The second-order valence-corrected chi connectivity index (χ2v) is 26.7. The van der Waals surface area contributed by atoms with E-state index in [2.05, 4.69) is 67.2 Å². The molecule has 0 aromatic carbocycles. The van der Waals surface area contributed by atoms with E-state index in [0.717, 1.165) is 0 Å². The van der Waals surface area contributed by atoms with E-state index >= 15 is 0 Å². The molecule has 0 N–H and O–H groups in total. The van der Waals surface area contributed by atoms with Gasteiger partial charge in [-0.15, -0.1) is 0 Å². The van der Waals surface area contributed by atoms with E-state index in [4.69, 9.17) is 0 Å². The Morgan fingerprint density at radius 3 is 1.44 bits per heavy atom. The van der Waals surface area contributed by atoms with Gasteiger partial charge in [0.05, 0.1) is 0 Å². The van der Waals surface area contributed by atoms with Crippen LogP contribution in [0.15, 0.2) is 0 Å². The zero-order valence-corrected chi connectivity index (χ0v) is 11.6. The van der Waals surface area contributed by atoms with E-state index in [0.29, 0.717) is 5.41 Å². The minimum atomic E-state index is -1.36. The van der Waals surface area contributed by atoms with Gasteiger partial charge in [0, 0.05) is 0 Å². The van der Waals surface area contributed by atoms with Crippen LogP contribution < -0.4 is 0 Å². The second-order valence-electron chi connectivity index (χ2n) is 3.35. The third kappa shape index (κ3) is 9.87. The monoisotopic (exact) mass is 340 g/mol. The molecule has 0 radical (unpaired) electrons. The quantitative estimate of drug-likeness (QED) is 0.605. The molecular formula is C5H12Br3P. The molecule has 0 amide bonds. The van der Waals surface area contributed by atoms with E-state index in [1.807, 2.05) is 0 Å². The van der Waals surface area contributed by atoms with Gasteiger partial charge in [-0.2, -0.15) is 0 Å². The molecule has 58 valence electrons. The fourth-order valence-electron chi connectivity index (χ4n) is 0.601. The molecule has 9 heavy (non-hydrogen) atoms. The summed E-state index contributed by atoms with van der Waals surface area (Å²) in [6.07, 6.45) is 1.18. The standard InChI is InChI=1S/C5H12Br3P/c1-5(2,3)4-9(6,7)8/h9H,4H2,1-3H3. The van der Waals surface area contributed by atoms with Gasteiger partial charge in [-0.25, -0.2) is 0 Å². The first-order valence-electron chi connectivity index (χ1n) is 2.77. The zero-order valence-electron chi connectivity index (χ0n) is 5.84. The van der Waals surface area contributed by atoms with Crippen LogP contribution in [-0.2, 0) is 0 Å². The predicted octanol–water partition coefficient (Wildman–Crippen LogP) is 4.71. The van der Waals surface area contributed by atoms with Gasteiger partial charge < -0.3 is 0 Å². The summed E-state index contributed by atoms with van der Waals surface area (Å²) in [4.78, 5) is 0. The van der Waals surface area contributed by atoms with Gasteiger partial charge in [0.15, 0.2) is 0 Å². The van der Waals surface area contributed by atoms with E-state index < -0.39 is 3.37 Å². The Balaban J connectivity index is 3.75. The van der Waals surface area contributed by atoms with Gasteiger partial charge in [0.1, 0.15) is 0 Å². The summed E-state index contributed by atoms with van der Waals surface area (Å²) >= 11 is 10.8. The second kappa shape index (κ2) is 3.51. The van der Waals surface area contributed by atoms with Gasteiger partial charge in [-0.3, -0.25) is 0 Å². The zero-order chi connectivity index (χ0) is 7.71. The van der Waals surface area contributed by atoms with Gasteiger partial charge in [0.25, 0.3) is 0 Å². The van der Waals surface area contributed by atoms with Crippen molar-refractivity contribution in [2.45, 2.75) is 20.8 Å². The normalized spacial score (nSPS) is 15.8. The average Bonchev–Trinajstić information content (AvgIpc) is 1.14. The van der Waals surface area contributed by atoms with Crippen molar-refractivity contribution < 1.29 is 0 Å². The topological polar surface area (TPSA) is 0 Å². The molecule has 0 spiro atoms. The molecule has 0 aromatic rings. The molecule has 0 bridgehead atoms. The first kappa shape index (κ1) is 10.9. The Labute approximate surface area is 81.7 Å². The van der Waals surface area contributed by atoms with Gasteiger partial charge >= 0.3 is 82.2 Å². The predicted molar refractivity (Wildman–Crippen MR) is 59.4 cm³/mol. The van der Waals surface area contributed by atoms with Crippen molar-refractivity contribution in [3.63, 3.8) is 0 Å². The van der Waals surface area contributed by atoms with E-state index in [1.165, 1.54) is 6.16 Å². The molecule has 0 atom stereocenters. The van der Waals surface area contributed by atoms with Crippen LogP contribution in [0.4, 0.5) is 0 Å². The van der Waals surface area contributed by atoms with Crippen LogP contribution in [0, 0.1) is 5.41 Å². The van der Waals surface area contributed by atoms with Crippen molar-refractivity contribution in [1.82, 2.24) is 0 Å². The molecule has 0 saturated carbocycles. The summed E-state index contributed by atoms with van der Waals surface area (Å²) in [5.74, 6) is 0. The Morgan fingerprint density at radius 2 is 1.44 bits per heavy atom. The van der Waals surface area contributed by atoms with E-state index in [9.17, 15) is 0 Å². The van der Waals surface area contributed by atoms with Crippen LogP contribution in [0.3, 0.4) is 0 Å². The number of hydrogen-bond acceptors (Lipinski definition) is 0. The summed E-state index contributed by atoms with van der Waals surface area (Å²) in [5.41, 5.74) is 0.405. The third-order valence-corrected chi connectivity index (χ3v) is 4.72. The van der Waals surface area contributed by atoms with Crippen LogP contribution in [-0.4, -0.2) is 6.16 Å². The summed E-state index contributed by atoms with van der Waals surface area (Å²) in [6, 6.07) is 0. The van der Waals surface area contributed by atoms with Crippen LogP contribution in [0.2, 0.25) is 0 Å². The Morgan fingerprint density at radius 1 is 1.11 bits per heavy atom. The van der Waals surface area contributed by atoms with Crippen molar-refractivity contribution in [2.75, 3.05) is 6.16 Å². The molecule has 4 heteroatoms. The molecule has 0 rings (SSSR count). The van der Waals surface area contributed by atoms with Crippen molar-refractivity contribution in [2.24, 2.45) is 5.41 Å². The maximum atomic E-state index is 3.59. The Hall–Kier alpha value is 1.87. The summed E-state index contributed by atoms with van der Waals surface area (Å²) in [5, 5.41) is 0. The molecule has 0 aliphatic carbocycles. The van der Waals surface area contributed by atoms with Crippen LogP contribution >= 0.6 is 49.8 Å². The van der Waals surface area contributed by atoms with Crippen molar-refractivity contribution >= 4 is 49.8 Å². The molecule has 0 aliphatic heterocycles. The van der Waals surface area contributed by atoms with Crippen LogP contribution in [0.1, 0.15) is 20.8 Å². The minimum absolute atomic E-state index is 0.405. The summed E-state index contributed by atoms with van der Waals surface area (Å²) < 4.78 is -1.36. The van der Waals surface area contributed by atoms with Crippen molar-refractivity contribution in [3.8, 4) is 0 Å². The Bertz CT molecular complexity index is 77.4. The maximum absolute atomic E-state index is 3.59. The number of hydrogen-bond donors (Lipinski definition) is 0. The first-order chi connectivity index (χ1) is 3.71. The molecule has 0 aromatic heterocycles. The van der Waals surface area contributed by atoms with Crippen molar-refractivity contribution in [1.29, 1.82) is 0 Å². The van der Waals surface area contributed by atoms with Crippen molar-refractivity contribution in [3.05, 3.63) is 0 Å². The third-order valence-electron chi connectivity index (χ3n) is 0.731. The first-order valence-corrected chi connectivity index (χ1v) is 11.8. The van der Waals surface area contributed by atoms with Gasteiger partial charge in [-0.1, -0.05) is 0 Å². The molecule has 0 saturated heterocycles. The van der Waals surface area contributed by atoms with E-state index in [-0.39, 0.29) is 0 Å². The molecule has 0 nitrogen and oxygen atoms in total. The fourth-order valence-corrected chi connectivity index (χ4v) is 9.37. The van der Waals surface area contributed by atoms with Gasteiger partial charge in [-0.05, 0) is 0 Å². The number of rotatable bonds is 1. The fraction of sp³-hybridized carbons (Fsp3) is 1.00. The SMILES string of the molecule is CC(C)(C)C[PH](Br)(Br)Br. The van der Waals surface area contributed by atoms with E-state index in [1.54, 1.807) is 0 Å². The molecule has 0 unspecified atom stereocenters.